The van der Waals surface area contributed by atoms with Crippen LogP contribution in [0.2, 0.25) is 0 Å². The number of amides is 1. The number of ether oxygens (including phenoxy) is 1. The van der Waals surface area contributed by atoms with Crippen LogP contribution in [0.25, 0.3) is 0 Å². The molecule has 0 bridgehead atoms. The summed E-state index contributed by atoms with van der Waals surface area (Å²) in [6, 6.07) is 18.6. The third-order valence-electron chi connectivity index (χ3n) is 6.28. The first-order chi connectivity index (χ1) is 16.5. The largest absolute Gasteiger partial charge is 0.434 e. The number of nitrogens with two attached hydrogens (primary N) is 1. The van der Waals surface area contributed by atoms with E-state index in [1.807, 2.05) is 36.8 Å². The number of primary amides is 1. The van der Waals surface area contributed by atoms with Crippen LogP contribution >= 0.6 is 0 Å². The zero-order valence-corrected chi connectivity index (χ0v) is 19.4. The van der Waals surface area contributed by atoms with Crippen LogP contribution in [-0.4, -0.2) is 45.9 Å². The number of carbonyl (C=O) groups excluding carboxylic acids is 1. The number of nitriles is 1. The number of hydrogen-bond donors (Lipinski definition) is 2. The molecule has 1 saturated heterocycles. The number of hydrogen-bond acceptors (Lipinski definition) is 6. The Hall–Kier alpha value is -3.83. The smallest absolute Gasteiger partial charge is 0.405 e. The maximum Gasteiger partial charge on any atom is 0.405 e. The lowest BCUT2D eigenvalue weighted by Crippen LogP contribution is -2.49. The number of imidazole rings is 1. The van der Waals surface area contributed by atoms with Gasteiger partial charge < -0.3 is 20.4 Å². The van der Waals surface area contributed by atoms with Crippen molar-refractivity contribution < 1.29 is 9.53 Å². The van der Waals surface area contributed by atoms with E-state index >= 15 is 0 Å². The van der Waals surface area contributed by atoms with Gasteiger partial charge in [-0.2, -0.15) is 5.26 Å². The lowest BCUT2D eigenvalue weighted by molar-refractivity contribution is 0.0265. The van der Waals surface area contributed by atoms with Gasteiger partial charge in [0.15, 0.2) is 0 Å². The van der Waals surface area contributed by atoms with Crippen molar-refractivity contribution in [3.8, 4) is 6.07 Å². The van der Waals surface area contributed by atoms with Crippen LogP contribution < -0.4 is 11.1 Å². The lowest BCUT2D eigenvalue weighted by Gasteiger charge is -2.39. The SMILES string of the molecule is Cc1cccc(NC2CCN(COC(N)=O)C(Cc3cncn3Cc3ccc(C#N)cc3)C2)c1. The van der Waals surface area contributed by atoms with Gasteiger partial charge in [-0.3, -0.25) is 4.90 Å². The van der Waals surface area contributed by atoms with Gasteiger partial charge in [-0.25, -0.2) is 9.78 Å². The Morgan fingerprint density at radius 2 is 2.12 bits per heavy atom. The summed E-state index contributed by atoms with van der Waals surface area (Å²) in [5.74, 6) is 0. The number of likely N-dealkylation sites (tertiary alicyclic amines) is 1. The fourth-order valence-corrected chi connectivity index (χ4v) is 4.51. The molecule has 0 radical (unpaired) electrons. The molecule has 1 fully saturated rings. The van der Waals surface area contributed by atoms with E-state index in [4.69, 9.17) is 15.7 Å². The zero-order chi connectivity index (χ0) is 23.9. The molecule has 0 spiro atoms. The molecule has 1 amide bonds. The number of nitrogens with zero attached hydrogens (tertiary/aromatic N) is 4. The van der Waals surface area contributed by atoms with Crippen molar-refractivity contribution >= 4 is 11.8 Å². The molecule has 2 aromatic carbocycles. The van der Waals surface area contributed by atoms with Crippen molar-refractivity contribution in [1.82, 2.24) is 14.5 Å². The van der Waals surface area contributed by atoms with Gasteiger partial charge in [0.1, 0.15) is 6.73 Å². The van der Waals surface area contributed by atoms with Gasteiger partial charge in [-0.1, -0.05) is 24.3 Å². The second-order valence-electron chi connectivity index (χ2n) is 8.82. The number of rotatable bonds is 8. The molecule has 1 aliphatic rings. The van der Waals surface area contributed by atoms with E-state index in [9.17, 15) is 4.79 Å². The monoisotopic (exact) mass is 458 g/mol. The number of aromatic nitrogens is 2. The topological polar surface area (TPSA) is 109 Å². The molecule has 8 heteroatoms. The minimum Gasteiger partial charge on any atom is -0.434 e. The highest BCUT2D eigenvalue weighted by Gasteiger charge is 2.30. The number of benzene rings is 2. The second kappa shape index (κ2) is 10.9. The molecule has 176 valence electrons. The molecule has 1 aliphatic heterocycles. The Labute approximate surface area is 200 Å². The molecule has 2 heterocycles. The van der Waals surface area contributed by atoms with E-state index < -0.39 is 6.09 Å². The van der Waals surface area contributed by atoms with E-state index in [-0.39, 0.29) is 12.8 Å². The third-order valence-corrected chi connectivity index (χ3v) is 6.28. The Kier molecular flexibility index (Phi) is 7.45. The number of carbonyl (C=O) groups is 1. The highest BCUT2D eigenvalue weighted by atomic mass is 16.6. The van der Waals surface area contributed by atoms with Gasteiger partial charge >= 0.3 is 6.09 Å². The predicted molar refractivity (Wildman–Crippen MR) is 130 cm³/mol. The van der Waals surface area contributed by atoms with Crippen molar-refractivity contribution in [3.05, 3.63) is 83.4 Å². The van der Waals surface area contributed by atoms with Crippen molar-refractivity contribution in [1.29, 1.82) is 5.26 Å². The Morgan fingerprint density at radius 1 is 1.29 bits per heavy atom. The first-order valence-electron chi connectivity index (χ1n) is 11.5. The standard InChI is InChI=1S/C26H30N6O2/c1-19-3-2-4-22(11-19)30-23-9-10-31(18-34-26(28)33)24(12-23)13-25-15-29-17-32(25)16-21-7-5-20(14-27)6-8-21/h2-8,11,15,17,23-24,30H,9-10,12-13,16,18H2,1H3,(H2,28,33). The highest BCUT2D eigenvalue weighted by Crippen LogP contribution is 2.25. The van der Waals surface area contributed by atoms with Gasteiger partial charge in [-0.15, -0.1) is 0 Å². The quantitative estimate of drug-likeness (QED) is 0.533. The summed E-state index contributed by atoms with van der Waals surface area (Å²) in [6.45, 7) is 3.75. The van der Waals surface area contributed by atoms with Gasteiger partial charge in [0.05, 0.1) is 18.0 Å². The summed E-state index contributed by atoms with van der Waals surface area (Å²) < 4.78 is 7.27. The van der Waals surface area contributed by atoms with E-state index in [1.54, 1.807) is 0 Å². The number of nitrogens with one attached hydrogen (secondary N) is 1. The second-order valence-corrected chi connectivity index (χ2v) is 8.82. The zero-order valence-electron chi connectivity index (χ0n) is 19.4. The third kappa shape index (κ3) is 6.15. The van der Waals surface area contributed by atoms with Crippen molar-refractivity contribution in [2.75, 3.05) is 18.6 Å². The molecule has 1 aromatic heterocycles. The van der Waals surface area contributed by atoms with Crippen molar-refractivity contribution in [3.63, 3.8) is 0 Å². The van der Waals surface area contributed by atoms with Crippen LogP contribution in [0.4, 0.5) is 10.5 Å². The van der Waals surface area contributed by atoms with Crippen LogP contribution in [0.15, 0.2) is 61.1 Å². The molecule has 4 rings (SSSR count). The van der Waals surface area contributed by atoms with Crippen LogP contribution in [0.1, 0.15) is 35.2 Å². The van der Waals surface area contributed by atoms with Gasteiger partial charge in [0.25, 0.3) is 0 Å². The molecule has 0 saturated carbocycles. The minimum atomic E-state index is -0.760. The maximum absolute atomic E-state index is 11.2. The van der Waals surface area contributed by atoms with Gasteiger partial charge in [0, 0.05) is 49.2 Å². The highest BCUT2D eigenvalue weighted by molar-refractivity contribution is 5.64. The molecular weight excluding hydrogens is 428 g/mol. The summed E-state index contributed by atoms with van der Waals surface area (Å²) in [5, 5.41) is 12.7. The van der Waals surface area contributed by atoms with Crippen LogP contribution in [-0.2, 0) is 17.7 Å². The van der Waals surface area contributed by atoms with E-state index in [0.29, 0.717) is 18.2 Å². The number of aryl methyl sites for hydroxylation is 1. The summed E-state index contributed by atoms with van der Waals surface area (Å²) in [4.78, 5) is 17.8. The predicted octanol–water partition coefficient (Wildman–Crippen LogP) is 3.65. The van der Waals surface area contributed by atoms with Crippen molar-refractivity contribution in [2.45, 2.75) is 44.8 Å². The fraction of sp³-hybridized carbons (Fsp3) is 0.346. The average Bonchev–Trinajstić information content (AvgIpc) is 3.25. The van der Waals surface area contributed by atoms with Crippen LogP contribution in [0.5, 0.6) is 0 Å². The van der Waals surface area contributed by atoms with E-state index in [0.717, 1.165) is 42.8 Å². The fourth-order valence-electron chi connectivity index (χ4n) is 4.51. The summed E-state index contributed by atoms with van der Waals surface area (Å²) in [7, 11) is 0. The summed E-state index contributed by atoms with van der Waals surface area (Å²) in [6.07, 6.45) is 5.58. The molecule has 3 N–H and O–H groups in total. The lowest BCUT2D eigenvalue weighted by atomic mass is 9.94. The van der Waals surface area contributed by atoms with Crippen LogP contribution in [0.3, 0.4) is 0 Å². The average molecular weight is 459 g/mol. The van der Waals surface area contributed by atoms with Gasteiger partial charge in [0.2, 0.25) is 0 Å². The molecule has 3 aromatic rings. The number of anilines is 1. The molecule has 2 atom stereocenters. The normalized spacial score (nSPS) is 18.2. The molecule has 8 nitrogen and oxygen atoms in total. The van der Waals surface area contributed by atoms with E-state index in [1.165, 1.54) is 5.56 Å². The first-order valence-corrected chi connectivity index (χ1v) is 11.5. The van der Waals surface area contributed by atoms with Crippen molar-refractivity contribution in [2.24, 2.45) is 5.73 Å². The van der Waals surface area contributed by atoms with Gasteiger partial charge in [-0.05, 0) is 55.2 Å². The Morgan fingerprint density at radius 3 is 2.85 bits per heavy atom. The van der Waals surface area contributed by atoms with Crippen LogP contribution in [0, 0.1) is 18.3 Å². The molecular formula is C26H30N6O2. The summed E-state index contributed by atoms with van der Waals surface area (Å²) in [5.41, 5.74) is 10.4. The Balaban J connectivity index is 1.47. The molecule has 2 unspecified atom stereocenters. The van der Waals surface area contributed by atoms with E-state index in [2.05, 4.69) is 57.0 Å². The Bertz CT molecular complexity index is 1150. The first kappa shape index (κ1) is 23.3. The molecule has 34 heavy (non-hydrogen) atoms. The molecule has 0 aliphatic carbocycles. The number of piperidine rings is 1. The summed E-state index contributed by atoms with van der Waals surface area (Å²) >= 11 is 0. The maximum atomic E-state index is 11.2. The minimum absolute atomic E-state index is 0.159.